The second-order valence-corrected chi connectivity index (χ2v) is 4.36. The molecule has 1 amide bonds. The van der Waals surface area contributed by atoms with Gasteiger partial charge in [0, 0.05) is 29.3 Å². The number of alkyl halides is 1. The summed E-state index contributed by atoms with van der Waals surface area (Å²) in [5, 5.41) is 13.3. The average Bonchev–Trinajstić information content (AvgIpc) is 2.47. The topological polar surface area (TPSA) is 72.2 Å². The summed E-state index contributed by atoms with van der Waals surface area (Å²) >= 11 is 5.72. The molecule has 0 heterocycles. The van der Waals surface area contributed by atoms with Crippen LogP contribution in [0.4, 0.5) is 11.4 Å². The third-order valence-electron chi connectivity index (χ3n) is 2.68. The molecular formula is C14H11ClN2O3. The first-order chi connectivity index (χ1) is 9.60. The van der Waals surface area contributed by atoms with Gasteiger partial charge in [0.1, 0.15) is 0 Å². The molecule has 2 aromatic rings. The van der Waals surface area contributed by atoms with E-state index in [1.165, 1.54) is 24.3 Å². The van der Waals surface area contributed by atoms with Gasteiger partial charge >= 0.3 is 0 Å². The van der Waals surface area contributed by atoms with Crippen LogP contribution >= 0.6 is 11.6 Å². The number of nitro benzene ring substituents is 1. The highest BCUT2D eigenvalue weighted by Crippen LogP contribution is 2.16. The van der Waals surface area contributed by atoms with Crippen LogP contribution in [0.3, 0.4) is 0 Å². The fourth-order valence-corrected chi connectivity index (χ4v) is 1.84. The molecule has 5 nitrogen and oxygen atoms in total. The Morgan fingerprint density at radius 2 is 1.90 bits per heavy atom. The number of nitro groups is 1. The lowest BCUT2D eigenvalue weighted by Crippen LogP contribution is -2.11. The monoisotopic (exact) mass is 290 g/mol. The Labute approximate surface area is 120 Å². The van der Waals surface area contributed by atoms with Crippen LogP contribution in [0.15, 0.2) is 48.5 Å². The molecule has 0 unspecified atom stereocenters. The molecule has 2 aromatic carbocycles. The van der Waals surface area contributed by atoms with Gasteiger partial charge in [-0.1, -0.05) is 12.1 Å². The van der Waals surface area contributed by atoms with Gasteiger partial charge in [-0.3, -0.25) is 14.9 Å². The molecule has 20 heavy (non-hydrogen) atoms. The van der Waals surface area contributed by atoms with Crippen LogP contribution in [-0.2, 0) is 5.88 Å². The summed E-state index contributed by atoms with van der Waals surface area (Å²) in [5.41, 5.74) is 1.83. The summed E-state index contributed by atoms with van der Waals surface area (Å²) in [5.74, 6) is 0.0351. The van der Waals surface area contributed by atoms with Gasteiger partial charge in [-0.2, -0.15) is 0 Å². The molecule has 0 aromatic heterocycles. The molecule has 2 rings (SSSR count). The Morgan fingerprint density at radius 3 is 2.50 bits per heavy atom. The minimum absolute atomic E-state index is 0.0503. The lowest BCUT2D eigenvalue weighted by atomic mass is 10.1. The van der Waals surface area contributed by atoms with Crippen LogP contribution in [0.2, 0.25) is 0 Å². The summed E-state index contributed by atoms with van der Waals surface area (Å²) in [4.78, 5) is 22.0. The van der Waals surface area contributed by atoms with E-state index >= 15 is 0 Å². The fraction of sp³-hybridized carbons (Fsp3) is 0.0714. The average molecular weight is 291 g/mol. The number of anilines is 1. The van der Waals surface area contributed by atoms with Crippen LogP contribution in [0.1, 0.15) is 15.9 Å². The second-order valence-electron chi connectivity index (χ2n) is 4.09. The van der Waals surface area contributed by atoms with Crippen LogP contribution < -0.4 is 5.32 Å². The molecule has 0 spiro atoms. The van der Waals surface area contributed by atoms with E-state index in [0.717, 1.165) is 5.56 Å². The number of amides is 1. The molecule has 0 atom stereocenters. The van der Waals surface area contributed by atoms with E-state index in [2.05, 4.69) is 5.32 Å². The minimum Gasteiger partial charge on any atom is -0.322 e. The maximum atomic E-state index is 12.0. The van der Waals surface area contributed by atoms with E-state index in [4.69, 9.17) is 11.6 Å². The Morgan fingerprint density at radius 1 is 1.20 bits per heavy atom. The standard InChI is InChI=1S/C14H11ClN2O3/c15-9-10-2-1-3-12(8-10)16-14(18)11-4-6-13(7-5-11)17(19)20/h1-8H,9H2,(H,16,18). The minimum atomic E-state index is -0.508. The highest BCUT2D eigenvalue weighted by atomic mass is 35.5. The number of carbonyl (C=O) groups excluding carboxylic acids is 1. The molecule has 0 radical (unpaired) electrons. The molecule has 0 aliphatic rings. The van der Waals surface area contributed by atoms with E-state index in [1.54, 1.807) is 18.2 Å². The van der Waals surface area contributed by atoms with Gasteiger partial charge in [0.25, 0.3) is 11.6 Å². The summed E-state index contributed by atoms with van der Waals surface area (Å²) in [6, 6.07) is 12.6. The molecule has 0 saturated carbocycles. The van der Waals surface area contributed by atoms with Gasteiger partial charge in [-0.05, 0) is 29.8 Å². The molecular weight excluding hydrogens is 280 g/mol. The van der Waals surface area contributed by atoms with Crippen LogP contribution in [0, 0.1) is 10.1 Å². The first-order valence-electron chi connectivity index (χ1n) is 5.81. The summed E-state index contributed by atoms with van der Waals surface area (Å²) in [6.45, 7) is 0. The van der Waals surface area contributed by atoms with Crippen molar-refractivity contribution < 1.29 is 9.72 Å². The van der Waals surface area contributed by atoms with Crippen molar-refractivity contribution in [3.8, 4) is 0 Å². The predicted molar refractivity (Wildman–Crippen MR) is 77.0 cm³/mol. The zero-order chi connectivity index (χ0) is 14.5. The van der Waals surface area contributed by atoms with Crippen molar-refractivity contribution in [3.63, 3.8) is 0 Å². The molecule has 0 bridgehead atoms. The summed E-state index contributed by atoms with van der Waals surface area (Å²) in [7, 11) is 0. The number of non-ortho nitro benzene ring substituents is 1. The van der Waals surface area contributed by atoms with Crippen molar-refractivity contribution in [1.82, 2.24) is 0 Å². The quantitative estimate of drug-likeness (QED) is 0.531. The third kappa shape index (κ3) is 3.33. The number of nitrogens with zero attached hydrogens (tertiary/aromatic N) is 1. The normalized spacial score (nSPS) is 10.1. The summed E-state index contributed by atoms with van der Waals surface area (Å²) in [6.07, 6.45) is 0. The lowest BCUT2D eigenvalue weighted by molar-refractivity contribution is -0.384. The maximum absolute atomic E-state index is 12.0. The third-order valence-corrected chi connectivity index (χ3v) is 2.99. The smallest absolute Gasteiger partial charge is 0.269 e. The zero-order valence-corrected chi connectivity index (χ0v) is 11.1. The van der Waals surface area contributed by atoms with Gasteiger partial charge in [0.05, 0.1) is 4.92 Å². The highest BCUT2D eigenvalue weighted by molar-refractivity contribution is 6.17. The van der Waals surface area contributed by atoms with Crippen molar-refractivity contribution in [1.29, 1.82) is 0 Å². The molecule has 1 N–H and O–H groups in total. The SMILES string of the molecule is O=C(Nc1cccc(CCl)c1)c1ccc([N+](=O)[O-])cc1. The number of hydrogen-bond donors (Lipinski definition) is 1. The molecule has 0 aliphatic heterocycles. The number of carbonyl (C=O) groups is 1. The van der Waals surface area contributed by atoms with E-state index in [1.807, 2.05) is 6.07 Å². The predicted octanol–water partition coefficient (Wildman–Crippen LogP) is 3.59. The molecule has 102 valence electrons. The van der Waals surface area contributed by atoms with Gasteiger partial charge < -0.3 is 5.32 Å². The van der Waals surface area contributed by atoms with Gasteiger partial charge in [0.15, 0.2) is 0 Å². The van der Waals surface area contributed by atoms with Crippen molar-refractivity contribution in [3.05, 3.63) is 69.8 Å². The van der Waals surface area contributed by atoms with Crippen LogP contribution in [0.5, 0.6) is 0 Å². The Hall–Kier alpha value is -2.40. The lowest BCUT2D eigenvalue weighted by Gasteiger charge is -2.06. The van der Waals surface area contributed by atoms with Gasteiger partial charge in [-0.25, -0.2) is 0 Å². The number of benzene rings is 2. The highest BCUT2D eigenvalue weighted by Gasteiger charge is 2.09. The van der Waals surface area contributed by atoms with E-state index in [-0.39, 0.29) is 11.6 Å². The zero-order valence-electron chi connectivity index (χ0n) is 10.4. The number of hydrogen-bond acceptors (Lipinski definition) is 3. The Balaban J connectivity index is 2.13. The molecule has 6 heteroatoms. The summed E-state index contributed by atoms with van der Waals surface area (Å²) < 4.78 is 0. The van der Waals surface area contributed by atoms with Gasteiger partial charge in [-0.15, -0.1) is 11.6 Å². The number of nitrogens with one attached hydrogen (secondary N) is 1. The Bertz CT molecular complexity index is 641. The first-order valence-corrected chi connectivity index (χ1v) is 6.34. The second kappa shape index (κ2) is 6.16. The molecule has 0 saturated heterocycles. The van der Waals surface area contributed by atoms with Gasteiger partial charge in [0.2, 0.25) is 0 Å². The Kier molecular flexibility index (Phi) is 4.32. The van der Waals surface area contributed by atoms with E-state index in [0.29, 0.717) is 17.1 Å². The van der Waals surface area contributed by atoms with Crippen LogP contribution in [0.25, 0.3) is 0 Å². The van der Waals surface area contributed by atoms with E-state index < -0.39 is 4.92 Å². The van der Waals surface area contributed by atoms with Crippen molar-refractivity contribution in [2.45, 2.75) is 5.88 Å². The molecule has 0 fully saturated rings. The van der Waals surface area contributed by atoms with Crippen molar-refractivity contribution >= 4 is 28.9 Å². The largest absolute Gasteiger partial charge is 0.322 e. The number of rotatable bonds is 4. The van der Waals surface area contributed by atoms with Crippen molar-refractivity contribution in [2.75, 3.05) is 5.32 Å². The van der Waals surface area contributed by atoms with Crippen LogP contribution in [-0.4, -0.2) is 10.8 Å². The number of halogens is 1. The first kappa shape index (κ1) is 14.0. The fourth-order valence-electron chi connectivity index (χ4n) is 1.67. The van der Waals surface area contributed by atoms with E-state index in [9.17, 15) is 14.9 Å². The van der Waals surface area contributed by atoms with Crippen molar-refractivity contribution in [2.24, 2.45) is 0 Å². The maximum Gasteiger partial charge on any atom is 0.269 e. The molecule has 0 aliphatic carbocycles.